The molecule has 0 saturated heterocycles. The Morgan fingerprint density at radius 1 is 0.348 bits per heavy atom. The molecule has 0 aromatic rings. The van der Waals surface area contributed by atoms with Crippen LogP contribution in [0.15, 0.2) is 122 Å². The molecule has 0 bridgehead atoms. The fourth-order valence-corrected chi connectivity index (χ4v) is 11.4. The lowest BCUT2D eigenvalue weighted by Gasteiger charge is -2.24. The number of ether oxygens (including phenoxy) is 2. The molecule has 0 heterocycles. The van der Waals surface area contributed by atoms with Gasteiger partial charge in [0.15, 0.2) is 6.10 Å². The maximum Gasteiger partial charge on any atom is 0.472 e. The molecule has 2 atom stereocenters. The summed E-state index contributed by atoms with van der Waals surface area (Å²) in [5.74, 6) is -0.798. The SMILES string of the molecule is CC/C=C\C/C=C\C/C=C\C/C=C\C/C=C\C/C=C\C/C=C\C/C=C\C/C=C\CCCCCCCCCCCC(=O)OC(COC(=O)CCCCCCCCCCCCCCCCCCCCC/C=C\CCCCCCCCCC)COP(=O)(O)OCC[N+](C)(C)C. The molecule has 9 nitrogen and oxygen atoms in total. The number of hydrogen-bond donors (Lipinski definition) is 1. The molecule has 0 aliphatic heterocycles. The van der Waals surface area contributed by atoms with Crippen molar-refractivity contribution < 1.29 is 42.1 Å². The van der Waals surface area contributed by atoms with Gasteiger partial charge in [0.05, 0.1) is 27.7 Å². The summed E-state index contributed by atoms with van der Waals surface area (Å²) in [6, 6.07) is 0. The molecule has 0 aromatic heterocycles. The third-order valence-electron chi connectivity index (χ3n) is 16.5. The van der Waals surface area contributed by atoms with Gasteiger partial charge in [-0.3, -0.25) is 18.6 Å². The molecule has 10 heteroatoms. The molecule has 0 rings (SSSR count). The fraction of sp³-hybridized carbons (Fsp3) is 0.732. The van der Waals surface area contributed by atoms with Gasteiger partial charge in [-0.05, 0) is 109 Å². The molecule has 0 fully saturated rings. The van der Waals surface area contributed by atoms with Crippen LogP contribution in [0.3, 0.4) is 0 Å². The van der Waals surface area contributed by atoms with Crippen LogP contribution in [-0.4, -0.2) is 74.9 Å². The molecular weight excluding hydrogens is 1160 g/mol. The van der Waals surface area contributed by atoms with E-state index in [1.807, 2.05) is 21.1 Å². The van der Waals surface area contributed by atoms with Gasteiger partial charge in [0.25, 0.3) is 0 Å². The van der Waals surface area contributed by atoms with E-state index in [2.05, 4.69) is 135 Å². The Morgan fingerprint density at radius 3 is 0.935 bits per heavy atom. The van der Waals surface area contributed by atoms with E-state index in [0.717, 1.165) is 103 Å². The van der Waals surface area contributed by atoms with E-state index in [4.69, 9.17) is 18.5 Å². The number of allylic oxidation sites excluding steroid dienone is 20. The van der Waals surface area contributed by atoms with E-state index in [1.165, 1.54) is 199 Å². The molecule has 0 saturated carbocycles. The summed E-state index contributed by atoms with van der Waals surface area (Å²) >= 11 is 0. The topological polar surface area (TPSA) is 108 Å². The van der Waals surface area contributed by atoms with Gasteiger partial charge >= 0.3 is 19.8 Å². The largest absolute Gasteiger partial charge is 0.472 e. The predicted molar refractivity (Wildman–Crippen MR) is 399 cm³/mol. The molecule has 0 spiro atoms. The summed E-state index contributed by atoms with van der Waals surface area (Å²) in [6.07, 6.45) is 103. The highest BCUT2D eigenvalue weighted by atomic mass is 31.2. The van der Waals surface area contributed by atoms with E-state index >= 15 is 0 Å². The molecule has 530 valence electrons. The Balaban J connectivity index is 4.05. The number of carbonyl (C=O) groups is 2. The van der Waals surface area contributed by atoms with E-state index in [0.29, 0.717) is 17.4 Å². The predicted octanol–water partition coefficient (Wildman–Crippen LogP) is 25.4. The zero-order valence-corrected chi connectivity index (χ0v) is 61.4. The molecule has 92 heavy (non-hydrogen) atoms. The minimum absolute atomic E-state index is 0.0266. The number of phosphoric acid groups is 1. The van der Waals surface area contributed by atoms with Crippen molar-refractivity contribution in [3.63, 3.8) is 0 Å². The summed E-state index contributed by atoms with van der Waals surface area (Å²) in [7, 11) is 1.47. The van der Waals surface area contributed by atoms with Gasteiger partial charge in [-0.1, -0.05) is 334 Å². The number of esters is 2. The molecular formula is C82H145NO8P+. The van der Waals surface area contributed by atoms with Crippen molar-refractivity contribution in [2.75, 3.05) is 47.5 Å². The first-order chi connectivity index (χ1) is 45.0. The normalized spacial score (nSPS) is 13.8. The Morgan fingerprint density at radius 2 is 0.620 bits per heavy atom. The van der Waals surface area contributed by atoms with Gasteiger partial charge in [0, 0.05) is 12.8 Å². The fourth-order valence-electron chi connectivity index (χ4n) is 10.7. The standard InChI is InChI=1S/C82H144NO8P/c1-6-8-10-12-14-16-18-20-22-24-26-28-30-32-34-36-38-39-40-41-42-43-45-47-49-51-53-55-57-59-61-63-65-67-69-71-73-75-82(85)91-80(79-90-92(86,87)89-77-76-83(3,4)5)78-88-81(84)74-72-70-68-66-64-62-60-58-56-54-52-50-48-46-44-37-35-33-31-29-27-25-23-21-19-17-15-13-11-9-7-2/h8,10,14,16,20,22,25-28,32,34,38-39,41-42,45,47,51,53,80H,6-7,9,11-13,15,17-19,21,23-24,29-31,33,35-37,40,43-44,46,48-50,52,54-79H2,1-5H3/p+1/b10-8-,16-14-,22-20-,27-25-,28-26-,34-32-,39-38-,42-41-,47-45-,53-51-. The minimum Gasteiger partial charge on any atom is -0.462 e. The lowest BCUT2D eigenvalue weighted by atomic mass is 10.0. The number of likely N-dealkylation sites (N-methyl/N-ethyl adjacent to an activating group) is 1. The van der Waals surface area contributed by atoms with Crippen molar-refractivity contribution in [1.29, 1.82) is 0 Å². The van der Waals surface area contributed by atoms with E-state index in [1.54, 1.807) is 0 Å². The van der Waals surface area contributed by atoms with Crippen LogP contribution >= 0.6 is 7.82 Å². The molecule has 0 aliphatic carbocycles. The van der Waals surface area contributed by atoms with Crippen molar-refractivity contribution in [3.8, 4) is 0 Å². The van der Waals surface area contributed by atoms with Crippen molar-refractivity contribution in [2.45, 2.75) is 341 Å². The van der Waals surface area contributed by atoms with Crippen LogP contribution in [0.5, 0.6) is 0 Å². The Bertz CT molecular complexity index is 1970. The van der Waals surface area contributed by atoms with Crippen LogP contribution in [-0.2, 0) is 32.7 Å². The maximum absolute atomic E-state index is 12.9. The highest BCUT2D eigenvalue weighted by molar-refractivity contribution is 7.47. The van der Waals surface area contributed by atoms with Crippen molar-refractivity contribution >= 4 is 19.8 Å². The number of hydrogen-bond acceptors (Lipinski definition) is 7. The van der Waals surface area contributed by atoms with Gasteiger partial charge in [0.2, 0.25) is 0 Å². The quantitative estimate of drug-likeness (QED) is 0.0211. The van der Waals surface area contributed by atoms with Crippen LogP contribution in [0.4, 0.5) is 0 Å². The average Bonchev–Trinajstić information content (AvgIpc) is 2.34. The number of rotatable bonds is 70. The lowest BCUT2D eigenvalue weighted by molar-refractivity contribution is -0.870. The van der Waals surface area contributed by atoms with Crippen LogP contribution in [0, 0.1) is 0 Å². The van der Waals surface area contributed by atoms with Gasteiger partial charge in [-0.25, -0.2) is 4.57 Å². The first kappa shape index (κ1) is 88.4. The Labute approximate surface area is 568 Å². The third-order valence-corrected chi connectivity index (χ3v) is 17.5. The van der Waals surface area contributed by atoms with Crippen molar-refractivity contribution in [3.05, 3.63) is 122 Å². The number of nitrogens with zero attached hydrogens (tertiary/aromatic N) is 1. The second-order valence-electron chi connectivity index (χ2n) is 26.7. The zero-order valence-electron chi connectivity index (χ0n) is 60.5. The van der Waals surface area contributed by atoms with Crippen molar-refractivity contribution in [2.24, 2.45) is 0 Å². The summed E-state index contributed by atoms with van der Waals surface area (Å²) < 4.78 is 34.8. The molecule has 0 aromatic carbocycles. The first-order valence-electron chi connectivity index (χ1n) is 38.3. The molecule has 0 aliphatic rings. The number of carbonyl (C=O) groups excluding carboxylic acids is 2. The highest BCUT2D eigenvalue weighted by Crippen LogP contribution is 2.43. The Hall–Kier alpha value is -3.59. The number of phosphoric ester groups is 1. The Kier molecular flexibility index (Phi) is 68.9. The third kappa shape index (κ3) is 75.4. The number of quaternary nitrogens is 1. The summed E-state index contributed by atoms with van der Waals surface area (Å²) in [5.41, 5.74) is 0. The monoisotopic (exact) mass is 1300 g/mol. The van der Waals surface area contributed by atoms with E-state index < -0.39 is 26.5 Å². The van der Waals surface area contributed by atoms with Gasteiger partial charge in [-0.2, -0.15) is 0 Å². The molecule has 0 radical (unpaired) electrons. The highest BCUT2D eigenvalue weighted by Gasteiger charge is 2.27. The smallest absolute Gasteiger partial charge is 0.462 e. The summed E-state index contributed by atoms with van der Waals surface area (Å²) in [6.45, 7) is 4.34. The van der Waals surface area contributed by atoms with Crippen LogP contribution in [0.2, 0.25) is 0 Å². The van der Waals surface area contributed by atoms with Crippen molar-refractivity contribution in [1.82, 2.24) is 0 Å². The van der Waals surface area contributed by atoms with E-state index in [9.17, 15) is 19.0 Å². The second-order valence-corrected chi connectivity index (χ2v) is 28.1. The van der Waals surface area contributed by atoms with Crippen LogP contribution in [0.1, 0.15) is 335 Å². The zero-order chi connectivity index (χ0) is 66.9. The van der Waals surface area contributed by atoms with E-state index in [-0.39, 0.29) is 32.0 Å². The van der Waals surface area contributed by atoms with Crippen LogP contribution < -0.4 is 0 Å². The van der Waals surface area contributed by atoms with Gasteiger partial charge in [0.1, 0.15) is 19.8 Å². The summed E-state index contributed by atoms with van der Waals surface area (Å²) in [5, 5.41) is 0. The first-order valence-corrected chi connectivity index (χ1v) is 39.8. The molecule has 2 unspecified atom stereocenters. The summed E-state index contributed by atoms with van der Waals surface area (Å²) in [4.78, 5) is 36.0. The van der Waals surface area contributed by atoms with Crippen LogP contribution in [0.25, 0.3) is 0 Å². The average molecular weight is 1300 g/mol. The molecule has 0 amide bonds. The molecule has 1 N–H and O–H groups in total. The van der Waals surface area contributed by atoms with Gasteiger partial charge in [-0.15, -0.1) is 0 Å². The maximum atomic E-state index is 12.9. The lowest BCUT2D eigenvalue weighted by Crippen LogP contribution is -2.37. The second kappa shape index (κ2) is 71.7. The van der Waals surface area contributed by atoms with Gasteiger partial charge < -0.3 is 18.9 Å². The minimum atomic E-state index is -4.40. The number of unbranched alkanes of at least 4 members (excludes halogenated alkanes) is 36.